The van der Waals surface area contributed by atoms with Crippen LogP contribution in [0.2, 0.25) is 5.02 Å². The number of benzene rings is 3. The maximum absolute atomic E-state index is 12.1. The second-order valence-corrected chi connectivity index (χ2v) is 8.69. The number of methoxy groups -OCH3 is 1. The minimum Gasteiger partial charge on any atom is -0.493 e. The SMILES string of the molecule is COc1cc(/C=N\NC(=O)c2ccc(Cl)cc2)cc(Br)c1OCc1ccc(I)cc1. The highest BCUT2D eigenvalue weighted by molar-refractivity contribution is 14.1. The normalized spacial score (nSPS) is 10.8. The van der Waals surface area contributed by atoms with Crippen molar-refractivity contribution in [1.82, 2.24) is 5.43 Å². The van der Waals surface area contributed by atoms with Crippen molar-refractivity contribution >= 4 is 62.2 Å². The van der Waals surface area contributed by atoms with Gasteiger partial charge in [0.2, 0.25) is 0 Å². The Morgan fingerprint density at radius 3 is 2.53 bits per heavy atom. The van der Waals surface area contributed by atoms with Gasteiger partial charge in [-0.25, -0.2) is 5.43 Å². The van der Waals surface area contributed by atoms with E-state index in [2.05, 4.69) is 49.0 Å². The fourth-order valence-electron chi connectivity index (χ4n) is 2.52. The largest absolute Gasteiger partial charge is 0.493 e. The molecule has 30 heavy (non-hydrogen) atoms. The Balaban J connectivity index is 1.68. The molecule has 8 heteroatoms. The van der Waals surface area contributed by atoms with Crippen LogP contribution in [-0.4, -0.2) is 19.2 Å². The molecule has 3 rings (SSSR count). The summed E-state index contributed by atoms with van der Waals surface area (Å²) in [6, 6.07) is 18.3. The molecule has 0 aliphatic carbocycles. The van der Waals surface area contributed by atoms with Gasteiger partial charge in [-0.15, -0.1) is 0 Å². The number of hydrazone groups is 1. The summed E-state index contributed by atoms with van der Waals surface area (Å²) < 4.78 is 13.3. The number of rotatable bonds is 7. The van der Waals surface area contributed by atoms with Crippen LogP contribution in [-0.2, 0) is 6.61 Å². The van der Waals surface area contributed by atoms with Gasteiger partial charge in [0.15, 0.2) is 11.5 Å². The smallest absolute Gasteiger partial charge is 0.271 e. The van der Waals surface area contributed by atoms with Crippen molar-refractivity contribution in [3.05, 3.63) is 90.4 Å². The fraction of sp³-hybridized carbons (Fsp3) is 0.0909. The molecule has 0 spiro atoms. The van der Waals surface area contributed by atoms with Gasteiger partial charge in [0.05, 0.1) is 17.8 Å². The van der Waals surface area contributed by atoms with Crippen LogP contribution < -0.4 is 14.9 Å². The second kappa shape index (κ2) is 10.8. The van der Waals surface area contributed by atoms with E-state index in [1.165, 1.54) is 9.78 Å². The molecule has 0 heterocycles. The predicted octanol–water partition coefficient (Wildman–Crippen LogP) is 6.06. The van der Waals surface area contributed by atoms with E-state index in [0.29, 0.717) is 28.7 Å². The zero-order chi connectivity index (χ0) is 21.5. The molecule has 1 N–H and O–H groups in total. The minimum absolute atomic E-state index is 0.327. The van der Waals surface area contributed by atoms with Gasteiger partial charge in [-0.3, -0.25) is 4.79 Å². The number of hydrogen-bond acceptors (Lipinski definition) is 4. The quantitative estimate of drug-likeness (QED) is 0.204. The molecule has 0 aliphatic heterocycles. The molecule has 1 amide bonds. The molecule has 154 valence electrons. The average Bonchev–Trinajstić information content (AvgIpc) is 2.74. The maximum atomic E-state index is 12.1. The monoisotopic (exact) mass is 598 g/mol. The molecular weight excluding hydrogens is 583 g/mol. The molecule has 0 saturated carbocycles. The van der Waals surface area contributed by atoms with E-state index in [9.17, 15) is 4.79 Å². The lowest BCUT2D eigenvalue weighted by molar-refractivity contribution is 0.0955. The standard InChI is InChI=1S/C22H17BrClIN2O3/c1-29-20-11-15(12-26-27-22(28)16-4-6-17(24)7-5-16)10-19(23)21(20)30-13-14-2-8-18(25)9-3-14/h2-12H,13H2,1H3,(H,27,28)/b26-12-. The lowest BCUT2D eigenvalue weighted by atomic mass is 10.2. The van der Waals surface area contributed by atoms with E-state index in [1.54, 1.807) is 37.4 Å². The van der Waals surface area contributed by atoms with Crippen LogP contribution >= 0.6 is 50.1 Å². The van der Waals surface area contributed by atoms with Gasteiger partial charge in [-0.1, -0.05) is 23.7 Å². The van der Waals surface area contributed by atoms with Crippen LogP contribution in [0.15, 0.2) is 70.2 Å². The summed E-state index contributed by atoms with van der Waals surface area (Å²) in [5.41, 5.74) is 4.74. The number of carbonyl (C=O) groups excluding carboxylic acids is 1. The Morgan fingerprint density at radius 2 is 1.87 bits per heavy atom. The summed E-state index contributed by atoms with van der Waals surface area (Å²) in [6.07, 6.45) is 1.53. The van der Waals surface area contributed by atoms with Crippen molar-refractivity contribution in [1.29, 1.82) is 0 Å². The number of ether oxygens (including phenoxy) is 2. The van der Waals surface area contributed by atoms with Gasteiger partial charge < -0.3 is 9.47 Å². The molecule has 0 aliphatic rings. The van der Waals surface area contributed by atoms with Crippen LogP contribution in [0.5, 0.6) is 11.5 Å². The topological polar surface area (TPSA) is 59.9 Å². The van der Waals surface area contributed by atoms with Crippen LogP contribution in [0.3, 0.4) is 0 Å². The first-order valence-electron chi connectivity index (χ1n) is 8.80. The molecule has 0 bridgehead atoms. The van der Waals surface area contributed by atoms with E-state index in [-0.39, 0.29) is 5.91 Å². The van der Waals surface area contributed by atoms with Gasteiger partial charge >= 0.3 is 0 Å². The third-order valence-electron chi connectivity index (χ3n) is 4.03. The highest BCUT2D eigenvalue weighted by atomic mass is 127. The average molecular weight is 600 g/mol. The van der Waals surface area contributed by atoms with Gasteiger partial charge in [-0.05, 0) is 98.2 Å². The van der Waals surface area contributed by atoms with E-state index in [0.717, 1.165) is 15.6 Å². The molecule has 0 radical (unpaired) electrons. The number of halogens is 3. The Bertz CT molecular complexity index is 1060. The zero-order valence-corrected chi connectivity index (χ0v) is 20.4. The predicted molar refractivity (Wildman–Crippen MR) is 131 cm³/mol. The molecule has 5 nitrogen and oxygen atoms in total. The maximum Gasteiger partial charge on any atom is 0.271 e. The van der Waals surface area contributed by atoms with Crippen molar-refractivity contribution in [2.45, 2.75) is 6.61 Å². The lowest BCUT2D eigenvalue weighted by Gasteiger charge is -2.13. The molecular formula is C22H17BrClIN2O3. The molecule has 0 saturated heterocycles. The lowest BCUT2D eigenvalue weighted by Crippen LogP contribution is -2.17. The molecule has 0 aromatic heterocycles. The van der Waals surface area contributed by atoms with E-state index < -0.39 is 0 Å². The molecule has 3 aromatic carbocycles. The van der Waals surface area contributed by atoms with E-state index >= 15 is 0 Å². The number of carbonyl (C=O) groups is 1. The van der Waals surface area contributed by atoms with Crippen molar-refractivity contribution in [2.75, 3.05) is 7.11 Å². The van der Waals surface area contributed by atoms with Crippen molar-refractivity contribution in [3.8, 4) is 11.5 Å². The molecule has 0 fully saturated rings. The first kappa shape index (κ1) is 22.6. The first-order chi connectivity index (χ1) is 14.5. The second-order valence-electron chi connectivity index (χ2n) is 6.16. The van der Waals surface area contributed by atoms with Crippen molar-refractivity contribution in [3.63, 3.8) is 0 Å². The van der Waals surface area contributed by atoms with Crippen molar-refractivity contribution < 1.29 is 14.3 Å². The number of amides is 1. The third kappa shape index (κ3) is 6.20. The summed E-state index contributed by atoms with van der Waals surface area (Å²) in [4.78, 5) is 12.1. The number of hydrogen-bond donors (Lipinski definition) is 1. The summed E-state index contributed by atoms with van der Waals surface area (Å²) in [5, 5.41) is 4.58. The zero-order valence-electron chi connectivity index (χ0n) is 15.9. The highest BCUT2D eigenvalue weighted by Gasteiger charge is 2.12. The van der Waals surface area contributed by atoms with Crippen LogP contribution in [0.25, 0.3) is 0 Å². The van der Waals surface area contributed by atoms with Crippen molar-refractivity contribution in [2.24, 2.45) is 5.10 Å². The summed E-state index contributed by atoms with van der Waals surface area (Å²) in [5.74, 6) is 0.824. The van der Waals surface area contributed by atoms with Gasteiger partial charge in [0.25, 0.3) is 5.91 Å². The Hall–Kier alpha value is -2.10. The Labute approximate surface area is 201 Å². The van der Waals surface area contributed by atoms with Gasteiger partial charge in [0, 0.05) is 14.2 Å². The minimum atomic E-state index is -0.327. The third-order valence-corrected chi connectivity index (χ3v) is 5.59. The molecule has 0 atom stereocenters. The summed E-state index contributed by atoms with van der Waals surface area (Å²) in [7, 11) is 1.57. The van der Waals surface area contributed by atoms with E-state index in [1.807, 2.05) is 30.3 Å². The Kier molecular flexibility index (Phi) is 8.12. The first-order valence-corrected chi connectivity index (χ1v) is 11.0. The molecule has 0 unspecified atom stereocenters. The van der Waals surface area contributed by atoms with Gasteiger partial charge in [-0.2, -0.15) is 5.10 Å². The van der Waals surface area contributed by atoms with E-state index in [4.69, 9.17) is 21.1 Å². The van der Waals surface area contributed by atoms with Gasteiger partial charge in [0.1, 0.15) is 6.61 Å². The number of nitrogens with zero attached hydrogens (tertiary/aromatic N) is 1. The van der Waals surface area contributed by atoms with Crippen LogP contribution in [0.4, 0.5) is 0 Å². The summed E-state index contributed by atoms with van der Waals surface area (Å²) in [6.45, 7) is 0.413. The van der Waals surface area contributed by atoms with Crippen LogP contribution in [0.1, 0.15) is 21.5 Å². The fourth-order valence-corrected chi connectivity index (χ4v) is 3.58. The Morgan fingerprint density at radius 1 is 1.17 bits per heavy atom. The summed E-state index contributed by atoms with van der Waals surface area (Å²) >= 11 is 11.6. The molecule has 3 aromatic rings. The number of nitrogens with one attached hydrogen (secondary N) is 1. The highest BCUT2D eigenvalue weighted by Crippen LogP contribution is 2.36. The van der Waals surface area contributed by atoms with Crippen LogP contribution in [0, 0.1) is 3.57 Å².